The van der Waals surface area contributed by atoms with Crippen LogP contribution in [0.4, 0.5) is 5.69 Å². The Morgan fingerprint density at radius 3 is 2.76 bits per heavy atom. The number of hydrogen-bond acceptors (Lipinski definition) is 3. The third kappa shape index (κ3) is 2.81. The first-order chi connectivity index (χ1) is 10.3. The minimum Gasteiger partial charge on any atom is -0.467 e. The van der Waals surface area contributed by atoms with Gasteiger partial charge in [0.05, 0.1) is 12.8 Å². The Morgan fingerprint density at radius 1 is 1.24 bits per heavy atom. The predicted molar refractivity (Wildman–Crippen MR) is 77.5 cm³/mol. The molecule has 1 aromatic heterocycles. The van der Waals surface area contributed by atoms with Crippen LogP contribution in [0, 0.1) is 5.92 Å². The molecular weight excluding hydrogens is 268 g/mol. The molecule has 2 aromatic rings. The van der Waals surface area contributed by atoms with Crippen LogP contribution in [0.25, 0.3) is 0 Å². The summed E-state index contributed by atoms with van der Waals surface area (Å²) in [7, 11) is 0. The summed E-state index contributed by atoms with van der Waals surface area (Å²) in [4.78, 5) is 26.1. The van der Waals surface area contributed by atoms with E-state index >= 15 is 0 Å². The molecule has 0 bridgehead atoms. The molecular formula is C16H16N2O3. The van der Waals surface area contributed by atoms with E-state index in [2.05, 4.69) is 5.32 Å². The number of amides is 2. The Hall–Kier alpha value is -2.56. The molecule has 1 saturated heterocycles. The van der Waals surface area contributed by atoms with Crippen LogP contribution in [0.15, 0.2) is 53.1 Å². The van der Waals surface area contributed by atoms with Crippen LogP contribution < -0.4 is 10.2 Å². The number of nitrogens with one attached hydrogen (secondary N) is 1. The summed E-state index contributed by atoms with van der Waals surface area (Å²) in [5, 5.41) is 2.75. The molecule has 0 spiro atoms. The second-order valence-corrected chi connectivity index (χ2v) is 4.96. The van der Waals surface area contributed by atoms with Crippen molar-refractivity contribution in [3.8, 4) is 0 Å². The van der Waals surface area contributed by atoms with E-state index in [4.69, 9.17) is 4.42 Å². The highest BCUT2D eigenvalue weighted by Crippen LogP contribution is 2.25. The van der Waals surface area contributed by atoms with Gasteiger partial charge < -0.3 is 14.6 Å². The third-order valence-corrected chi connectivity index (χ3v) is 3.61. The van der Waals surface area contributed by atoms with E-state index in [9.17, 15) is 9.59 Å². The monoisotopic (exact) mass is 284 g/mol. The van der Waals surface area contributed by atoms with Crippen LogP contribution in [0.5, 0.6) is 0 Å². The molecule has 108 valence electrons. The van der Waals surface area contributed by atoms with E-state index in [0.717, 1.165) is 5.69 Å². The summed E-state index contributed by atoms with van der Waals surface area (Å²) in [5.74, 6) is -0.318. The van der Waals surface area contributed by atoms with Gasteiger partial charge in [-0.1, -0.05) is 18.2 Å². The lowest BCUT2D eigenvalue weighted by molar-refractivity contribution is -0.132. The molecule has 0 aliphatic carbocycles. The Bertz CT molecular complexity index is 622. The maximum atomic E-state index is 12.4. The van der Waals surface area contributed by atoms with Crippen LogP contribution in [0.3, 0.4) is 0 Å². The number of anilines is 1. The normalized spacial score (nSPS) is 18.0. The fraction of sp³-hybridized carbons (Fsp3) is 0.250. The fourth-order valence-electron chi connectivity index (χ4n) is 2.50. The van der Waals surface area contributed by atoms with Gasteiger partial charge in [-0.2, -0.15) is 0 Å². The van der Waals surface area contributed by atoms with Crippen LogP contribution in [-0.2, 0) is 16.1 Å². The molecule has 1 N–H and O–H groups in total. The molecule has 1 fully saturated rings. The van der Waals surface area contributed by atoms with Crippen LogP contribution in [-0.4, -0.2) is 18.4 Å². The number of benzene rings is 1. The summed E-state index contributed by atoms with van der Waals surface area (Å²) in [6, 6.07) is 13.0. The van der Waals surface area contributed by atoms with E-state index < -0.39 is 5.92 Å². The second kappa shape index (κ2) is 5.83. The van der Waals surface area contributed by atoms with E-state index in [1.54, 1.807) is 23.3 Å². The van der Waals surface area contributed by atoms with Gasteiger partial charge in [0.25, 0.3) is 0 Å². The second-order valence-electron chi connectivity index (χ2n) is 4.96. The molecule has 1 atom stereocenters. The lowest BCUT2D eigenvalue weighted by Crippen LogP contribution is -2.36. The van der Waals surface area contributed by atoms with Gasteiger partial charge in [0.1, 0.15) is 11.7 Å². The zero-order valence-electron chi connectivity index (χ0n) is 11.5. The summed E-state index contributed by atoms with van der Waals surface area (Å²) >= 11 is 0. The maximum Gasteiger partial charge on any atom is 0.239 e. The Balaban J connectivity index is 1.62. The number of rotatable bonds is 4. The highest BCUT2D eigenvalue weighted by molar-refractivity contribution is 6.09. The molecule has 5 heteroatoms. The molecule has 1 aliphatic rings. The van der Waals surface area contributed by atoms with Crippen molar-refractivity contribution in [2.45, 2.75) is 13.0 Å². The number of furan rings is 1. The van der Waals surface area contributed by atoms with Gasteiger partial charge >= 0.3 is 0 Å². The summed E-state index contributed by atoms with van der Waals surface area (Å²) in [6.45, 7) is 0.878. The highest BCUT2D eigenvalue weighted by atomic mass is 16.3. The van der Waals surface area contributed by atoms with Crippen molar-refractivity contribution in [1.29, 1.82) is 0 Å². The number of hydrogen-bond donors (Lipinski definition) is 1. The molecule has 1 aliphatic heterocycles. The SMILES string of the molecule is O=C(NCc1ccco1)C1CCN(c2ccccc2)C1=O. The fourth-order valence-corrected chi connectivity index (χ4v) is 2.50. The van der Waals surface area contributed by atoms with Crippen molar-refractivity contribution >= 4 is 17.5 Å². The first kappa shape index (κ1) is 13.4. The zero-order chi connectivity index (χ0) is 14.7. The summed E-state index contributed by atoms with van der Waals surface area (Å²) in [6.07, 6.45) is 2.09. The van der Waals surface area contributed by atoms with Gasteiger partial charge in [0.15, 0.2) is 0 Å². The average Bonchev–Trinajstić information content (AvgIpc) is 3.15. The molecule has 1 unspecified atom stereocenters. The summed E-state index contributed by atoms with van der Waals surface area (Å²) in [5.41, 5.74) is 0.837. The van der Waals surface area contributed by atoms with Gasteiger partial charge in [0.2, 0.25) is 11.8 Å². The number of carbonyl (C=O) groups excluding carboxylic acids is 2. The van der Waals surface area contributed by atoms with Gasteiger partial charge in [0, 0.05) is 12.2 Å². The first-order valence-corrected chi connectivity index (χ1v) is 6.92. The van der Waals surface area contributed by atoms with Crippen LogP contribution in [0.1, 0.15) is 12.2 Å². The van der Waals surface area contributed by atoms with Crippen molar-refractivity contribution in [1.82, 2.24) is 5.32 Å². The maximum absolute atomic E-state index is 12.4. The topological polar surface area (TPSA) is 62.6 Å². The molecule has 3 rings (SSSR count). The van der Waals surface area contributed by atoms with Crippen molar-refractivity contribution < 1.29 is 14.0 Å². The predicted octanol–water partition coefficient (Wildman–Crippen LogP) is 1.95. The smallest absolute Gasteiger partial charge is 0.239 e. The zero-order valence-corrected chi connectivity index (χ0v) is 11.5. The van der Waals surface area contributed by atoms with E-state index in [1.165, 1.54) is 0 Å². The molecule has 0 radical (unpaired) electrons. The lowest BCUT2D eigenvalue weighted by Gasteiger charge is -2.16. The molecule has 2 heterocycles. The molecule has 21 heavy (non-hydrogen) atoms. The van der Waals surface area contributed by atoms with Crippen molar-refractivity contribution in [3.05, 3.63) is 54.5 Å². The number of nitrogens with zero attached hydrogens (tertiary/aromatic N) is 1. The number of para-hydroxylation sites is 1. The quantitative estimate of drug-likeness (QED) is 0.873. The van der Waals surface area contributed by atoms with Gasteiger partial charge in [-0.15, -0.1) is 0 Å². The average molecular weight is 284 g/mol. The van der Waals surface area contributed by atoms with Gasteiger partial charge in [-0.3, -0.25) is 9.59 Å². The van der Waals surface area contributed by atoms with Crippen molar-refractivity contribution in [2.75, 3.05) is 11.4 Å². The third-order valence-electron chi connectivity index (χ3n) is 3.61. The molecule has 5 nitrogen and oxygen atoms in total. The molecule has 1 aromatic carbocycles. The van der Waals surface area contributed by atoms with Crippen LogP contribution >= 0.6 is 0 Å². The van der Waals surface area contributed by atoms with E-state index in [-0.39, 0.29) is 11.8 Å². The minimum absolute atomic E-state index is 0.141. The van der Waals surface area contributed by atoms with Crippen molar-refractivity contribution in [3.63, 3.8) is 0 Å². The first-order valence-electron chi connectivity index (χ1n) is 6.92. The molecule has 0 saturated carbocycles. The van der Waals surface area contributed by atoms with E-state index in [0.29, 0.717) is 25.3 Å². The largest absolute Gasteiger partial charge is 0.467 e. The Labute approximate surface area is 122 Å². The van der Waals surface area contributed by atoms with Crippen molar-refractivity contribution in [2.24, 2.45) is 5.92 Å². The minimum atomic E-state index is -0.611. The van der Waals surface area contributed by atoms with Crippen LogP contribution in [0.2, 0.25) is 0 Å². The van der Waals surface area contributed by atoms with Gasteiger partial charge in [-0.25, -0.2) is 0 Å². The summed E-state index contributed by atoms with van der Waals surface area (Å²) < 4.78 is 5.15. The Kier molecular flexibility index (Phi) is 3.73. The number of carbonyl (C=O) groups is 2. The Morgan fingerprint density at radius 2 is 2.05 bits per heavy atom. The van der Waals surface area contributed by atoms with E-state index in [1.807, 2.05) is 30.3 Å². The standard InChI is InChI=1S/C16H16N2O3/c19-15(17-11-13-7-4-10-21-13)14-8-9-18(16(14)20)12-5-2-1-3-6-12/h1-7,10,14H,8-9,11H2,(H,17,19). The highest BCUT2D eigenvalue weighted by Gasteiger charge is 2.37. The lowest BCUT2D eigenvalue weighted by atomic mass is 10.1. The molecule has 2 amide bonds. The van der Waals surface area contributed by atoms with Gasteiger partial charge in [-0.05, 0) is 30.7 Å².